The van der Waals surface area contributed by atoms with E-state index in [0.717, 1.165) is 18.9 Å². The van der Waals surface area contributed by atoms with Crippen LogP contribution in [0.5, 0.6) is 0 Å². The molecule has 2 aliphatic rings. The molecule has 1 amide bonds. The van der Waals surface area contributed by atoms with Crippen molar-refractivity contribution in [1.29, 1.82) is 0 Å². The third kappa shape index (κ3) is 3.06. The molecule has 6 nitrogen and oxygen atoms in total. The van der Waals surface area contributed by atoms with E-state index in [1.54, 1.807) is 10.7 Å². The summed E-state index contributed by atoms with van der Waals surface area (Å²) in [4.78, 5) is 23.3. The average molecular weight is 331 g/mol. The van der Waals surface area contributed by atoms with E-state index in [9.17, 15) is 4.79 Å². The number of hydrogen-bond acceptors (Lipinski definition) is 5. The maximum Gasteiger partial charge on any atom is 0.253 e. The first-order valence-electron chi connectivity index (χ1n) is 8.41. The molecule has 0 N–H and O–H groups in total. The van der Waals surface area contributed by atoms with Gasteiger partial charge in [-0.3, -0.25) is 4.79 Å². The number of carbonyl (C=O) groups is 1. The normalized spacial score (nSPS) is 24.6. The standard InChI is InChI=1S/C16H21N5OS/c22-14(20-9-3-6-12-5-1-2-7-13(12)20)11-23-16-18-15-17-8-4-10-21(15)19-16/h4,8,10,12-13H,1-3,5-7,9,11H2/t12-,13+/m0/s1. The molecule has 7 heteroatoms. The number of piperidine rings is 1. The molecular formula is C16H21N5OS. The van der Waals surface area contributed by atoms with Crippen molar-refractivity contribution in [2.24, 2.45) is 5.92 Å². The summed E-state index contributed by atoms with van der Waals surface area (Å²) in [7, 11) is 0. The fraction of sp³-hybridized carbons (Fsp3) is 0.625. The van der Waals surface area contributed by atoms with Gasteiger partial charge in [0.2, 0.25) is 11.1 Å². The minimum Gasteiger partial charge on any atom is -0.339 e. The summed E-state index contributed by atoms with van der Waals surface area (Å²) in [6.07, 6.45) is 11.0. The number of amides is 1. The zero-order chi connectivity index (χ0) is 15.6. The van der Waals surface area contributed by atoms with Gasteiger partial charge in [-0.1, -0.05) is 24.6 Å². The molecule has 1 saturated heterocycles. The molecule has 2 aromatic heterocycles. The third-order valence-electron chi connectivity index (χ3n) is 4.99. The Balaban J connectivity index is 1.40. The Hall–Kier alpha value is -1.63. The molecule has 2 aromatic rings. The molecule has 1 saturated carbocycles. The summed E-state index contributed by atoms with van der Waals surface area (Å²) in [5.74, 6) is 1.95. The van der Waals surface area contributed by atoms with E-state index in [2.05, 4.69) is 20.0 Å². The van der Waals surface area contributed by atoms with Gasteiger partial charge in [-0.2, -0.15) is 4.98 Å². The molecule has 0 aromatic carbocycles. The molecule has 4 rings (SSSR count). The molecular weight excluding hydrogens is 310 g/mol. The van der Waals surface area contributed by atoms with Crippen molar-refractivity contribution in [2.45, 2.75) is 49.7 Å². The van der Waals surface area contributed by atoms with Crippen LogP contribution in [0.3, 0.4) is 0 Å². The Labute approximate surface area is 139 Å². The second-order valence-corrected chi connectivity index (χ2v) is 7.33. The first kappa shape index (κ1) is 14.9. The Kier molecular flexibility index (Phi) is 4.20. The number of fused-ring (bicyclic) bond motifs is 2. The van der Waals surface area contributed by atoms with Gasteiger partial charge < -0.3 is 4.90 Å². The molecule has 0 bridgehead atoms. The lowest BCUT2D eigenvalue weighted by atomic mass is 9.78. The fourth-order valence-electron chi connectivity index (χ4n) is 3.92. The smallest absolute Gasteiger partial charge is 0.253 e. The van der Waals surface area contributed by atoms with Crippen molar-refractivity contribution in [1.82, 2.24) is 24.5 Å². The van der Waals surface area contributed by atoms with Crippen LogP contribution in [0.15, 0.2) is 23.6 Å². The molecule has 0 spiro atoms. The van der Waals surface area contributed by atoms with E-state index in [-0.39, 0.29) is 5.91 Å². The second-order valence-electron chi connectivity index (χ2n) is 6.39. The predicted octanol–water partition coefficient (Wildman–Crippen LogP) is 2.40. The Morgan fingerprint density at radius 1 is 1.26 bits per heavy atom. The van der Waals surface area contributed by atoms with Gasteiger partial charge in [-0.05, 0) is 37.7 Å². The molecule has 1 aliphatic carbocycles. The lowest BCUT2D eigenvalue weighted by Gasteiger charge is -2.44. The lowest BCUT2D eigenvalue weighted by molar-refractivity contribution is -0.134. The molecule has 1 aliphatic heterocycles. The molecule has 2 atom stereocenters. The van der Waals surface area contributed by atoms with Crippen LogP contribution >= 0.6 is 11.8 Å². The molecule has 0 radical (unpaired) electrons. The van der Waals surface area contributed by atoms with Crippen molar-refractivity contribution < 1.29 is 4.79 Å². The number of carbonyl (C=O) groups excluding carboxylic acids is 1. The SMILES string of the molecule is O=C(CSc1nc2ncccn2n1)N1CCC[C@@H]2CCCC[C@H]21. The maximum atomic E-state index is 12.7. The van der Waals surface area contributed by atoms with Crippen LogP contribution in [0.2, 0.25) is 0 Å². The maximum absolute atomic E-state index is 12.7. The molecule has 23 heavy (non-hydrogen) atoms. The summed E-state index contributed by atoms with van der Waals surface area (Å²) in [6.45, 7) is 0.917. The van der Waals surface area contributed by atoms with Gasteiger partial charge in [0.15, 0.2) is 0 Å². The number of nitrogens with zero attached hydrogens (tertiary/aromatic N) is 5. The number of thioether (sulfide) groups is 1. The van der Waals surface area contributed by atoms with E-state index in [4.69, 9.17) is 0 Å². The average Bonchev–Trinajstić information content (AvgIpc) is 3.02. The van der Waals surface area contributed by atoms with Gasteiger partial charge in [0.25, 0.3) is 5.78 Å². The third-order valence-corrected chi connectivity index (χ3v) is 5.81. The predicted molar refractivity (Wildman–Crippen MR) is 88.2 cm³/mol. The van der Waals surface area contributed by atoms with Crippen LogP contribution in [-0.4, -0.2) is 48.7 Å². The van der Waals surface area contributed by atoms with Crippen molar-refractivity contribution in [3.05, 3.63) is 18.5 Å². The summed E-state index contributed by atoms with van der Waals surface area (Å²) in [5.41, 5.74) is 0. The number of hydrogen-bond donors (Lipinski definition) is 0. The highest BCUT2D eigenvalue weighted by atomic mass is 32.2. The van der Waals surface area contributed by atoms with Gasteiger partial charge in [0, 0.05) is 25.0 Å². The largest absolute Gasteiger partial charge is 0.339 e. The Morgan fingerprint density at radius 3 is 3.04 bits per heavy atom. The van der Waals surface area contributed by atoms with Crippen LogP contribution in [0.25, 0.3) is 5.78 Å². The zero-order valence-corrected chi connectivity index (χ0v) is 13.9. The monoisotopic (exact) mass is 331 g/mol. The van der Waals surface area contributed by atoms with Gasteiger partial charge in [-0.15, -0.1) is 5.10 Å². The lowest BCUT2D eigenvalue weighted by Crippen LogP contribution is -2.50. The van der Waals surface area contributed by atoms with E-state index in [1.807, 2.05) is 12.3 Å². The van der Waals surface area contributed by atoms with Crippen LogP contribution in [-0.2, 0) is 4.79 Å². The summed E-state index contributed by atoms with van der Waals surface area (Å²) in [5, 5.41) is 4.97. The summed E-state index contributed by atoms with van der Waals surface area (Å²) < 4.78 is 1.64. The van der Waals surface area contributed by atoms with Crippen LogP contribution in [0.1, 0.15) is 38.5 Å². The van der Waals surface area contributed by atoms with E-state index in [1.165, 1.54) is 43.9 Å². The topological polar surface area (TPSA) is 63.4 Å². The van der Waals surface area contributed by atoms with Crippen LogP contribution in [0.4, 0.5) is 0 Å². The van der Waals surface area contributed by atoms with Crippen LogP contribution in [0, 0.1) is 5.92 Å². The van der Waals surface area contributed by atoms with Crippen molar-refractivity contribution in [3.8, 4) is 0 Å². The minimum atomic E-state index is 0.235. The molecule has 0 unspecified atom stereocenters. The van der Waals surface area contributed by atoms with Crippen molar-refractivity contribution >= 4 is 23.4 Å². The highest BCUT2D eigenvalue weighted by Gasteiger charge is 2.35. The molecule has 122 valence electrons. The van der Waals surface area contributed by atoms with Gasteiger partial charge >= 0.3 is 0 Å². The van der Waals surface area contributed by atoms with Gasteiger partial charge in [0.05, 0.1) is 5.75 Å². The Morgan fingerprint density at radius 2 is 2.13 bits per heavy atom. The zero-order valence-electron chi connectivity index (χ0n) is 13.1. The van der Waals surface area contributed by atoms with E-state index < -0.39 is 0 Å². The highest BCUT2D eigenvalue weighted by molar-refractivity contribution is 7.99. The number of likely N-dealkylation sites (tertiary alicyclic amines) is 1. The quantitative estimate of drug-likeness (QED) is 0.808. The fourth-order valence-corrected chi connectivity index (χ4v) is 4.63. The van der Waals surface area contributed by atoms with Crippen LogP contribution < -0.4 is 0 Å². The van der Waals surface area contributed by atoms with E-state index in [0.29, 0.717) is 22.7 Å². The summed E-state index contributed by atoms with van der Waals surface area (Å²) in [6, 6.07) is 2.29. The molecule has 3 heterocycles. The van der Waals surface area contributed by atoms with Crippen molar-refractivity contribution in [2.75, 3.05) is 12.3 Å². The van der Waals surface area contributed by atoms with Gasteiger partial charge in [0.1, 0.15) is 0 Å². The second kappa shape index (κ2) is 6.47. The van der Waals surface area contributed by atoms with Gasteiger partial charge in [-0.25, -0.2) is 9.50 Å². The number of aromatic nitrogens is 4. The highest BCUT2D eigenvalue weighted by Crippen LogP contribution is 2.35. The minimum absolute atomic E-state index is 0.235. The number of rotatable bonds is 3. The first-order chi connectivity index (χ1) is 11.3. The van der Waals surface area contributed by atoms with E-state index >= 15 is 0 Å². The Bertz CT molecular complexity index is 668. The molecule has 2 fully saturated rings. The first-order valence-corrected chi connectivity index (χ1v) is 9.39. The summed E-state index contributed by atoms with van der Waals surface area (Å²) >= 11 is 1.41. The van der Waals surface area contributed by atoms with Crippen molar-refractivity contribution in [3.63, 3.8) is 0 Å².